The molecule has 0 radical (unpaired) electrons. The summed E-state index contributed by atoms with van der Waals surface area (Å²) in [5.74, 6) is 0.747. The van der Waals surface area contributed by atoms with Gasteiger partial charge in [0.15, 0.2) is 5.96 Å². The van der Waals surface area contributed by atoms with Crippen LogP contribution in [0, 0.1) is 0 Å². The first-order valence-electron chi connectivity index (χ1n) is 9.66. The van der Waals surface area contributed by atoms with Crippen molar-refractivity contribution in [1.82, 2.24) is 20.0 Å². The zero-order valence-electron chi connectivity index (χ0n) is 16.6. The van der Waals surface area contributed by atoms with Crippen molar-refractivity contribution < 1.29 is 17.9 Å². The van der Waals surface area contributed by atoms with Crippen LogP contribution in [0.2, 0.25) is 0 Å². The number of ether oxygens (including phenoxy) is 1. The molecule has 2 aromatic rings. The number of benzene rings is 1. The summed E-state index contributed by atoms with van der Waals surface area (Å²) in [6.45, 7) is 4.79. The lowest BCUT2D eigenvalue weighted by Crippen LogP contribution is -2.48. The highest BCUT2D eigenvalue weighted by molar-refractivity contribution is 5.80. The van der Waals surface area contributed by atoms with Crippen LogP contribution >= 0.6 is 0 Å². The number of morpholine rings is 1. The van der Waals surface area contributed by atoms with Crippen LogP contribution in [0.5, 0.6) is 0 Å². The summed E-state index contributed by atoms with van der Waals surface area (Å²) in [6.07, 6.45) is -0.257. The summed E-state index contributed by atoms with van der Waals surface area (Å²) in [5, 5.41) is 7.42. The highest BCUT2D eigenvalue weighted by Crippen LogP contribution is 2.32. The van der Waals surface area contributed by atoms with E-state index in [1.807, 2.05) is 31.3 Å². The summed E-state index contributed by atoms with van der Waals surface area (Å²) >= 11 is 0. The molecule has 1 N–H and O–H groups in total. The van der Waals surface area contributed by atoms with Crippen LogP contribution in [0.25, 0.3) is 0 Å². The number of aromatic nitrogens is 2. The van der Waals surface area contributed by atoms with Gasteiger partial charge in [0.1, 0.15) is 6.10 Å². The van der Waals surface area contributed by atoms with Crippen LogP contribution in [-0.4, -0.2) is 53.4 Å². The van der Waals surface area contributed by atoms with Crippen molar-refractivity contribution in [2.45, 2.75) is 25.6 Å². The summed E-state index contributed by atoms with van der Waals surface area (Å²) in [7, 11) is 1.87. The van der Waals surface area contributed by atoms with E-state index in [-0.39, 0.29) is 0 Å². The average Bonchev–Trinajstić information content (AvgIpc) is 3.12. The summed E-state index contributed by atoms with van der Waals surface area (Å²) in [4.78, 5) is 6.73. The second-order valence-corrected chi connectivity index (χ2v) is 6.94. The van der Waals surface area contributed by atoms with Crippen molar-refractivity contribution in [3.05, 3.63) is 53.3 Å². The molecule has 0 saturated carbocycles. The molecule has 0 spiro atoms. The zero-order valence-corrected chi connectivity index (χ0v) is 16.6. The molecule has 0 amide bonds. The van der Waals surface area contributed by atoms with Crippen LogP contribution < -0.4 is 5.32 Å². The fraction of sp³-hybridized carbons (Fsp3) is 0.500. The van der Waals surface area contributed by atoms with Gasteiger partial charge in [-0.15, -0.1) is 0 Å². The third-order valence-corrected chi connectivity index (χ3v) is 4.71. The topological polar surface area (TPSA) is 54.7 Å². The third kappa shape index (κ3) is 5.72. The van der Waals surface area contributed by atoms with Crippen LogP contribution in [0.15, 0.2) is 41.7 Å². The lowest BCUT2D eigenvalue weighted by molar-refractivity contribution is -0.137. The van der Waals surface area contributed by atoms with Gasteiger partial charge in [0, 0.05) is 32.9 Å². The van der Waals surface area contributed by atoms with E-state index in [2.05, 4.69) is 15.4 Å². The number of hydrogen-bond donors (Lipinski definition) is 1. The summed E-state index contributed by atoms with van der Waals surface area (Å²) in [6, 6.07) is 5.35. The molecule has 2 heterocycles. The Morgan fingerprint density at radius 3 is 2.90 bits per heavy atom. The Morgan fingerprint density at radius 2 is 2.21 bits per heavy atom. The molecule has 1 saturated heterocycles. The molecule has 1 aromatic carbocycles. The minimum atomic E-state index is -4.37. The van der Waals surface area contributed by atoms with E-state index in [1.54, 1.807) is 10.7 Å². The number of aliphatic imine (C=N–C) groups is 1. The van der Waals surface area contributed by atoms with Gasteiger partial charge in [-0.1, -0.05) is 12.1 Å². The molecule has 1 fully saturated rings. The SMILES string of the molecule is CCNC(=NCCc1cnn(C)c1)N1CCOC(c2cccc(C(F)(F)F)c2)C1. The fourth-order valence-corrected chi connectivity index (χ4v) is 3.28. The van der Waals surface area contributed by atoms with E-state index in [1.165, 1.54) is 12.1 Å². The number of guanidine groups is 1. The minimum absolute atomic E-state index is 0.425. The highest BCUT2D eigenvalue weighted by atomic mass is 19.4. The largest absolute Gasteiger partial charge is 0.416 e. The number of alkyl halides is 3. The lowest BCUT2D eigenvalue weighted by Gasteiger charge is -2.35. The monoisotopic (exact) mass is 409 g/mol. The van der Waals surface area contributed by atoms with Crippen LogP contribution in [-0.2, 0) is 24.4 Å². The van der Waals surface area contributed by atoms with Crippen molar-refractivity contribution in [3.63, 3.8) is 0 Å². The van der Waals surface area contributed by atoms with Gasteiger partial charge < -0.3 is 15.0 Å². The van der Waals surface area contributed by atoms with Gasteiger partial charge in [0.2, 0.25) is 0 Å². The number of halogens is 3. The van der Waals surface area contributed by atoms with Gasteiger partial charge in [0.05, 0.1) is 24.9 Å². The van der Waals surface area contributed by atoms with Gasteiger partial charge in [0.25, 0.3) is 0 Å². The quantitative estimate of drug-likeness (QED) is 0.609. The predicted octanol–water partition coefficient (Wildman–Crippen LogP) is 3.02. The van der Waals surface area contributed by atoms with Crippen molar-refractivity contribution in [2.75, 3.05) is 32.8 Å². The number of nitrogens with one attached hydrogen (secondary N) is 1. The molecule has 1 aliphatic heterocycles. The molecular weight excluding hydrogens is 383 g/mol. The van der Waals surface area contributed by atoms with E-state index in [4.69, 9.17) is 4.74 Å². The number of aryl methyl sites for hydroxylation is 1. The number of nitrogens with zero attached hydrogens (tertiary/aromatic N) is 4. The van der Waals surface area contributed by atoms with Crippen molar-refractivity contribution in [2.24, 2.45) is 12.0 Å². The first kappa shape index (κ1) is 21.2. The fourth-order valence-electron chi connectivity index (χ4n) is 3.28. The molecule has 0 aliphatic carbocycles. The molecular formula is C20H26F3N5O. The Balaban J connectivity index is 1.69. The molecule has 1 aliphatic rings. The third-order valence-electron chi connectivity index (χ3n) is 4.71. The molecule has 1 atom stereocenters. The summed E-state index contributed by atoms with van der Waals surface area (Å²) in [5.41, 5.74) is 0.972. The Hall–Kier alpha value is -2.55. The zero-order chi connectivity index (χ0) is 20.9. The lowest BCUT2D eigenvalue weighted by atomic mass is 10.0. The smallest absolute Gasteiger partial charge is 0.370 e. The van der Waals surface area contributed by atoms with Crippen LogP contribution in [0.3, 0.4) is 0 Å². The summed E-state index contributed by atoms with van der Waals surface area (Å²) < 4.78 is 46.6. The standard InChI is InChI=1S/C20H26F3N5O/c1-3-24-19(25-8-7-15-12-26-27(2)13-15)28-9-10-29-18(14-28)16-5-4-6-17(11-16)20(21,22)23/h4-6,11-13,18H,3,7-10,14H2,1-2H3,(H,24,25). The molecule has 9 heteroatoms. The Kier molecular flexibility index (Phi) is 6.79. The first-order valence-corrected chi connectivity index (χ1v) is 9.66. The van der Waals surface area contributed by atoms with Gasteiger partial charge >= 0.3 is 6.18 Å². The van der Waals surface area contributed by atoms with E-state index >= 15 is 0 Å². The van der Waals surface area contributed by atoms with Crippen molar-refractivity contribution in [3.8, 4) is 0 Å². The van der Waals surface area contributed by atoms with Gasteiger partial charge in [-0.3, -0.25) is 9.67 Å². The van der Waals surface area contributed by atoms with Crippen LogP contribution in [0.4, 0.5) is 13.2 Å². The Bertz CT molecular complexity index is 834. The molecule has 1 unspecified atom stereocenters. The second kappa shape index (κ2) is 9.30. The average molecular weight is 409 g/mol. The van der Waals surface area contributed by atoms with E-state index in [0.717, 1.165) is 24.0 Å². The Morgan fingerprint density at radius 1 is 1.38 bits per heavy atom. The second-order valence-electron chi connectivity index (χ2n) is 6.94. The maximum Gasteiger partial charge on any atom is 0.416 e. The van der Waals surface area contributed by atoms with E-state index in [0.29, 0.717) is 38.3 Å². The highest BCUT2D eigenvalue weighted by Gasteiger charge is 2.32. The predicted molar refractivity (Wildman–Crippen MR) is 105 cm³/mol. The van der Waals surface area contributed by atoms with Gasteiger partial charge in [-0.05, 0) is 36.6 Å². The molecule has 1 aromatic heterocycles. The Labute approximate surface area is 168 Å². The maximum absolute atomic E-state index is 13.0. The minimum Gasteiger partial charge on any atom is -0.370 e. The van der Waals surface area contributed by atoms with Gasteiger partial charge in [-0.25, -0.2) is 0 Å². The first-order chi connectivity index (χ1) is 13.9. The maximum atomic E-state index is 13.0. The van der Waals surface area contributed by atoms with E-state index < -0.39 is 17.8 Å². The molecule has 158 valence electrons. The number of hydrogen-bond acceptors (Lipinski definition) is 3. The molecule has 6 nitrogen and oxygen atoms in total. The number of rotatable bonds is 5. The van der Waals surface area contributed by atoms with Crippen LogP contribution in [0.1, 0.15) is 29.7 Å². The molecule has 29 heavy (non-hydrogen) atoms. The van der Waals surface area contributed by atoms with Crippen molar-refractivity contribution in [1.29, 1.82) is 0 Å². The normalized spacial score (nSPS) is 18.2. The molecule has 0 bridgehead atoms. The molecule has 3 rings (SSSR count). The van der Waals surface area contributed by atoms with Gasteiger partial charge in [-0.2, -0.15) is 18.3 Å². The van der Waals surface area contributed by atoms with Crippen molar-refractivity contribution >= 4 is 5.96 Å². The van der Waals surface area contributed by atoms with E-state index in [9.17, 15) is 13.2 Å².